The van der Waals surface area contributed by atoms with E-state index in [1.54, 1.807) is 17.9 Å². The predicted molar refractivity (Wildman–Crippen MR) is 93.0 cm³/mol. The van der Waals surface area contributed by atoms with Crippen LogP contribution in [0.15, 0.2) is 47.8 Å². The number of benzene rings is 1. The summed E-state index contributed by atoms with van der Waals surface area (Å²) >= 11 is 1.36. The minimum absolute atomic E-state index is 0.0795. The number of nitrogens with one attached hydrogen (secondary N) is 1. The lowest BCUT2D eigenvalue weighted by atomic mass is 10.1. The number of hydrogen-bond donors (Lipinski definition) is 1. The fourth-order valence-corrected chi connectivity index (χ4v) is 3.36. The quantitative estimate of drug-likeness (QED) is 0.927. The smallest absolute Gasteiger partial charge is 0.261 e. The summed E-state index contributed by atoms with van der Waals surface area (Å²) in [5.41, 5.74) is 1.06. The Labute approximate surface area is 145 Å². The summed E-state index contributed by atoms with van der Waals surface area (Å²) in [6.45, 7) is 3.27. The summed E-state index contributed by atoms with van der Waals surface area (Å²) in [4.78, 5) is 27.1. The van der Waals surface area contributed by atoms with E-state index in [9.17, 15) is 9.59 Å². The number of carbonyl (C=O) groups is 2. The van der Waals surface area contributed by atoms with E-state index in [4.69, 9.17) is 4.74 Å². The molecule has 0 spiro atoms. The third-order valence-corrected chi connectivity index (χ3v) is 4.88. The van der Waals surface area contributed by atoms with Crippen molar-refractivity contribution in [3.63, 3.8) is 0 Å². The van der Waals surface area contributed by atoms with Gasteiger partial charge in [-0.2, -0.15) is 0 Å². The minimum atomic E-state index is -0.561. The van der Waals surface area contributed by atoms with E-state index in [0.29, 0.717) is 24.6 Å². The van der Waals surface area contributed by atoms with Gasteiger partial charge in [0.05, 0.1) is 18.0 Å². The number of carbonyl (C=O) groups excluding carboxylic acids is 2. The SMILES string of the molecule is C[C@@H](NC(=O)c1cccs1)C(=O)N1CCOC(c2ccccc2)C1. The Morgan fingerprint density at radius 1 is 1.25 bits per heavy atom. The van der Waals surface area contributed by atoms with Crippen molar-refractivity contribution in [3.05, 3.63) is 58.3 Å². The standard InChI is InChI=1S/C18H20N2O3S/c1-13(19-17(21)16-8-5-11-24-16)18(22)20-9-10-23-15(12-20)14-6-3-2-4-7-14/h2-8,11,13,15H,9-10,12H2,1H3,(H,19,21)/t13-,15?/m1/s1. The lowest BCUT2D eigenvalue weighted by Gasteiger charge is -2.34. The molecule has 0 aliphatic carbocycles. The van der Waals surface area contributed by atoms with E-state index >= 15 is 0 Å². The van der Waals surface area contributed by atoms with Crippen LogP contribution in [0.5, 0.6) is 0 Å². The van der Waals surface area contributed by atoms with Crippen LogP contribution in [0.1, 0.15) is 28.3 Å². The zero-order valence-electron chi connectivity index (χ0n) is 13.5. The topological polar surface area (TPSA) is 58.6 Å². The molecular weight excluding hydrogens is 324 g/mol. The molecule has 1 aliphatic rings. The Kier molecular flexibility index (Phi) is 5.27. The maximum Gasteiger partial charge on any atom is 0.261 e. The molecule has 0 saturated carbocycles. The van der Waals surface area contributed by atoms with Crippen molar-refractivity contribution < 1.29 is 14.3 Å². The van der Waals surface area contributed by atoms with E-state index in [1.165, 1.54) is 11.3 Å². The summed E-state index contributed by atoms with van der Waals surface area (Å²) < 4.78 is 5.78. The third-order valence-electron chi connectivity index (χ3n) is 4.01. The van der Waals surface area contributed by atoms with Gasteiger partial charge >= 0.3 is 0 Å². The highest BCUT2D eigenvalue weighted by molar-refractivity contribution is 7.12. The molecule has 24 heavy (non-hydrogen) atoms. The highest BCUT2D eigenvalue weighted by atomic mass is 32.1. The lowest BCUT2D eigenvalue weighted by Crippen LogP contribution is -2.51. The van der Waals surface area contributed by atoms with Gasteiger partial charge in [0, 0.05) is 6.54 Å². The molecular formula is C18H20N2O3S. The summed E-state index contributed by atoms with van der Waals surface area (Å²) in [5.74, 6) is -0.289. The Morgan fingerprint density at radius 2 is 2.04 bits per heavy atom. The number of hydrogen-bond acceptors (Lipinski definition) is 4. The molecule has 1 aliphatic heterocycles. The molecule has 1 aromatic heterocycles. The Bertz CT molecular complexity index is 688. The Morgan fingerprint density at radius 3 is 2.75 bits per heavy atom. The highest BCUT2D eigenvalue weighted by Crippen LogP contribution is 2.22. The molecule has 2 atom stereocenters. The molecule has 0 bridgehead atoms. The van der Waals surface area contributed by atoms with Crippen molar-refractivity contribution in [2.24, 2.45) is 0 Å². The first-order chi connectivity index (χ1) is 11.6. The largest absolute Gasteiger partial charge is 0.370 e. The number of amides is 2. The molecule has 6 heteroatoms. The van der Waals surface area contributed by atoms with Crippen LogP contribution in [0.2, 0.25) is 0 Å². The molecule has 5 nitrogen and oxygen atoms in total. The first-order valence-corrected chi connectivity index (χ1v) is 8.83. The van der Waals surface area contributed by atoms with Crippen LogP contribution < -0.4 is 5.32 Å². The predicted octanol–water partition coefficient (Wildman–Crippen LogP) is 2.47. The monoisotopic (exact) mass is 344 g/mol. The van der Waals surface area contributed by atoms with Gasteiger partial charge in [0.15, 0.2) is 0 Å². The van der Waals surface area contributed by atoms with Crippen LogP contribution in [0.25, 0.3) is 0 Å². The fraction of sp³-hybridized carbons (Fsp3) is 0.333. The van der Waals surface area contributed by atoms with Crippen LogP contribution >= 0.6 is 11.3 Å². The first-order valence-electron chi connectivity index (χ1n) is 7.95. The Hall–Kier alpha value is -2.18. The second kappa shape index (κ2) is 7.59. The van der Waals surface area contributed by atoms with Crippen LogP contribution in [0, 0.1) is 0 Å². The maximum absolute atomic E-state index is 12.6. The van der Waals surface area contributed by atoms with Gasteiger partial charge in [-0.25, -0.2) is 0 Å². The van der Waals surface area contributed by atoms with Crippen LogP contribution in [0.4, 0.5) is 0 Å². The molecule has 2 amide bonds. The highest BCUT2D eigenvalue weighted by Gasteiger charge is 2.29. The lowest BCUT2D eigenvalue weighted by molar-refractivity contribution is -0.140. The van der Waals surface area contributed by atoms with E-state index in [-0.39, 0.29) is 17.9 Å². The molecule has 126 valence electrons. The third kappa shape index (κ3) is 3.83. The van der Waals surface area contributed by atoms with Crippen molar-refractivity contribution in [2.75, 3.05) is 19.7 Å². The fourth-order valence-electron chi connectivity index (χ4n) is 2.73. The zero-order valence-corrected chi connectivity index (χ0v) is 14.3. The number of rotatable bonds is 4. The zero-order chi connectivity index (χ0) is 16.9. The van der Waals surface area contributed by atoms with E-state index in [2.05, 4.69) is 5.32 Å². The van der Waals surface area contributed by atoms with Crippen molar-refractivity contribution in [1.29, 1.82) is 0 Å². The Balaban J connectivity index is 1.60. The molecule has 3 rings (SSSR count). The van der Waals surface area contributed by atoms with Crippen LogP contribution in [-0.4, -0.2) is 42.5 Å². The average molecular weight is 344 g/mol. The number of nitrogens with zero attached hydrogens (tertiary/aromatic N) is 1. The molecule has 1 unspecified atom stereocenters. The molecule has 1 saturated heterocycles. The normalized spacial score (nSPS) is 18.9. The molecule has 2 heterocycles. The van der Waals surface area contributed by atoms with Gasteiger partial charge < -0.3 is 15.0 Å². The summed E-state index contributed by atoms with van der Waals surface area (Å²) in [6.07, 6.45) is -0.121. The number of thiophene rings is 1. The molecule has 1 N–H and O–H groups in total. The van der Waals surface area contributed by atoms with Gasteiger partial charge in [-0.15, -0.1) is 11.3 Å². The molecule has 2 aromatic rings. The van der Waals surface area contributed by atoms with Crippen molar-refractivity contribution in [1.82, 2.24) is 10.2 Å². The van der Waals surface area contributed by atoms with E-state index < -0.39 is 6.04 Å². The van der Waals surface area contributed by atoms with Crippen LogP contribution in [-0.2, 0) is 9.53 Å². The first kappa shape index (κ1) is 16.7. The van der Waals surface area contributed by atoms with Crippen molar-refractivity contribution >= 4 is 23.2 Å². The average Bonchev–Trinajstić information content (AvgIpc) is 3.17. The van der Waals surface area contributed by atoms with Gasteiger partial charge in [-0.3, -0.25) is 9.59 Å². The van der Waals surface area contributed by atoms with Gasteiger partial charge in [0.2, 0.25) is 5.91 Å². The molecule has 1 fully saturated rings. The maximum atomic E-state index is 12.6. The van der Waals surface area contributed by atoms with Gasteiger partial charge in [0.1, 0.15) is 12.1 Å². The summed E-state index contributed by atoms with van der Waals surface area (Å²) in [6, 6.07) is 12.9. The summed E-state index contributed by atoms with van der Waals surface area (Å²) in [5, 5.41) is 4.61. The van der Waals surface area contributed by atoms with E-state index in [0.717, 1.165) is 5.56 Å². The van der Waals surface area contributed by atoms with Crippen molar-refractivity contribution in [3.8, 4) is 0 Å². The van der Waals surface area contributed by atoms with Crippen molar-refractivity contribution in [2.45, 2.75) is 19.1 Å². The second-order valence-electron chi connectivity index (χ2n) is 5.73. The second-order valence-corrected chi connectivity index (χ2v) is 6.67. The number of morpholine rings is 1. The van der Waals surface area contributed by atoms with E-state index in [1.807, 2.05) is 41.8 Å². The van der Waals surface area contributed by atoms with Crippen LogP contribution in [0.3, 0.4) is 0 Å². The van der Waals surface area contributed by atoms with Gasteiger partial charge in [0.25, 0.3) is 5.91 Å². The van der Waals surface area contributed by atoms with Gasteiger partial charge in [-0.05, 0) is 23.9 Å². The molecule has 0 radical (unpaired) electrons. The minimum Gasteiger partial charge on any atom is -0.370 e. The van der Waals surface area contributed by atoms with Gasteiger partial charge in [-0.1, -0.05) is 36.4 Å². The molecule has 1 aromatic carbocycles. The summed E-state index contributed by atoms with van der Waals surface area (Å²) in [7, 11) is 0. The number of ether oxygens (including phenoxy) is 1.